The lowest BCUT2D eigenvalue weighted by Crippen LogP contribution is -2.54. The third kappa shape index (κ3) is 4.76. The number of amides is 1. The van der Waals surface area contributed by atoms with E-state index < -0.39 is 5.82 Å². The summed E-state index contributed by atoms with van der Waals surface area (Å²) >= 11 is 0. The van der Waals surface area contributed by atoms with Gasteiger partial charge in [0.1, 0.15) is 23.0 Å². The van der Waals surface area contributed by atoms with Crippen LogP contribution in [-0.2, 0) is 4.74 Å². The molecule has 8 rings (SSSR count). The van der Waals surface area contributed by atoms with Crippen LogP contribution < -0.4 is 10.1 Å². The van der Waals surface area contributed by atoms with E-state index in [1.165, 1.54) is 12.1 Å². The largest absolute Gasteiger partial charge is 0.496 e. The van der Waals surface area contributed by atoms with Gasteiger partial charge in [-0.1, -0.05) is 5.16 Å². The third-order valence-electron chi connectivity index (χ3n) is 9.24. The van der Waals surface area contributed by atoms with E-state index in [1.807, 2.05) is 26.0 Å². The van der Waals surface area contributed by atoms with Gasteiger partial charge in [0.2, 0.25) is 5.82 Å². The first-order valence-corrected chi connectivity index (χ1v) is 15.4. The Kier molecular flexibility index (Phi) is 6.91. The van der Waals surface area contributed by atoms with E-state index in [0.29, 0.717) is 50.7 Å². The van der Waals surface area contributed by atoms with Gasteiger partial charge in [-0.15, -0.1) is 0 Å². The molecule has 2 aliphatic rings. The van der Waals surface area contributed by atoms with Crippen molar-refractivity contribution in [2.75, 3.05) is 33.4 Å². The Morgan fingerprint density at radius 1 is 1.07 bits per heavy atom. The summed E-state index contributed by atoms with van der Waals surface area (Å²) in [7, 11) is 1.61. The number of piperidine rings is 1. The van der Waals surface area contributed by atoms with Crippen LogP contribution in [0.15, 0.2) is 47.1 Å². The molecule has 2 fully saturated rings. The quantitative estimate of drug-likeness (QED) is 0.253. The molecule has 4 aromatic heterocycles. The van der Waals surface area contributed by atoms with Crippen molar-refractivity contribution in [1.82, 2.24) is 35.3 Å². The van der Waals surface area contributed by atoms with Crippen molar-refractivity contribution in [3.05, 3.63) is 65.7 Å². The van der Waals surface area contributed by atoms with E-state index in [9.17, 15) is 9.18 Å². The molecule has 11 nitrogen and oxygen atoms in total. The predicted octanol–water partition coefficient (Wildman–Crippen LogP) is 5.34. The van der Waals surface area contributed by atoms with Crippen LogP contribution in [0.25, 0.3) is 55.2 Å². The van der Waals surface area contributed by atoms with Crippen molar-refractivity contribution < 1.29 is 23.2 Å². The Bertz CT molecular complexity index is 2130. The van der Waals surface area contributed by atoms with Crippen molar-refractivity contribution in [1.29, 1.82) is 0 Å². The van der Waals surface area contributed by atoms with Crippen molar-refractivity contribution in [3.63, 3.8) is 0 Å². The summed E-state index contributed by atoms with van der Waals surface area (Å²) in [6.45, 7) is 7.09. The maximum absolute atomic E-state index is 14.6. The van der Waals surface area contributed by atoms with E-state index in [-0.39, 0.29) is 17.8 Å². The first-order chi connectivity index (χ1) is 22.4. The summed E-state index contributed by atoms with van der Waals surface area (Å²) in [5.74, 6) is 0.562. The van der Waals surface area contributed by atoms with Gasteiger partial charge in [0.15, 0.2) is 0 Å². The number of hydrogen-bond acceptors (Lipinski definition) is 9. The fraction of sp³-hybridized carbons (Fsp3) is 0.324. The Balaban J connectivity index is 1.27. The molecule has 0 aliphatic carbocycles. The first-order valence-electron chi connectivity index (χ1n) is 15.4. The average Bonchev–Trinajstić information content (AvgIpc) is 3.57. The van der Waals surface area contributed by atoms with Crippen molar-refractivity contribution >= 4 is 38.7 Å². The number of nitrogens with zero attached hydrogens (tertiary/aromatic N) is 5. The SMILES string of the molecule is COc1cc2c(cc1-c1c(C)noc1C)[nH]c1nc(C(=O)NC3CCN(C4COC4)CC3)nc(-c3ccnc4ccc(F)cc34)c12. The molecule has 0 unspecified atom stereocenters. The van der Waals surface area contributed by atoms with Crippen LogP contribution in [0.4, 0.5) is 4.39 Å². The van der Waals surface area contributed by atoms with Gasteiger partial charge in [-0.3, -0.25) is 14.7 Å². The van der Waals surface area contributed by atoms with Crippen LogP contribution in [0.5, 0.6) is 5.75 Å². The molecule has 0 radical (unpaired) electrons. The number of pyridine rings is 1. The lowest BCUT2D eigenvalue weighted by molar-refractivity contribution is -0.0717. The molecule has 0 bridgehead atoms. The molecule has 2 saturated heterocycles. The minimum Gasteiger partial charge on any atom is -0.496 e. The minimum atomic E-state index is -0.394. The molecule has 6 heterocycles. The number of aromatic amines is 1. The molecule has 234 valence electrons. The zero-order chi connectivity index (χ0) is 31.5. The van der Waals surface area contributed by atoms with Crippen molar-refractivity contribution in [2.45, 2.75) is 38.8 Å². The molecule has 2 aromatic carbocycles. The first kappa shape index (κ1) is 28.5. The number of halogens is 1. The van der Waals surface area contributed by atoms with Gasteiger partial charge in [-0.05, 0) is 63.1 Å². The molecule has 2 aliphatic heterocycles. The Morgan fingerprint density at radius 3 is 2.61 bits per heavy atom. The number of aromatic nitrogens is 5. The van der Waals surface area contributed by atoms with E-state index in [1.54, 1.807) is 25.4 Å². The standard InChI is InChI=1S/C34H32FN7O4/c1-17-29(18(2)46-41-17)25-13-27-24(14-28(25)44-3)30-31(22-6-9-36-26-5-4-19(35)12-23(22)26)39-33(40-32(30)38-27)34(43)37-20-7-10-42(11-8-20)21-15-45-16-21/h4-6,9,12-14,20-21H,7-8,10-11,15-16H2,1-3H3,(H,37,43)(H,38,39,40). The number of carbonyl (C=O) groups excluding carboxylic acids is 1. The summed E-state index contributed by atoms with van der Waals surface area (Å²) in [6.07, 6.45) is 3.33. The normalized spacial score (nSPS) is 16.3. The number of carbonyl (C=O) groups is 1. The van der Waals surface area contributed by atoms with Crippen LogP contribution in [0.1, 0.15) is 34.9 Å². The number of likely N-dealkylation sites (tertiary alicyclic amines) is 1. The summed E-state index contributed by atoms with van der Waals surface area (Å²) in [5, 5.41) is 9.35. The summed E-state index contributed by atoms with van der Waals surface area (Å²) in [5.41, 5.74) is 5.36. The van der Waals surface area contributed by atoms with Crippen LogP contribution in [0.2, 0.25) is 0 Å². The second-order valence-electron chi connectivity index (χ2n) is 12.0. The average molecular weight is 622 g/mol. The number of aryl methyl sites for hydroxylation is 2. The lowest BCUT2D eigenvalue weighted by Gasteiger charge is -2.41. The number of hydrogen-bond donors (Lipinski definition) is 2. The number of ether oxygens (including phenoxy) is 2. The second kappa shape index (κ2) is 11.1. The fourth-order valence-corrected chi connectivity index (χ4v) is 6.77. The molecule has 1 amide bonds. The number of nitrogens with one attached hydrogen (secondary N) is 2. The van der Waals surface area contributed by atoms with Gasteiger partial charge in [0.25, 0.3) is 5.91 Å². The number of rotatable bonds is 6. The molecule has 6 aromatic rings. The van der Waals surface area contributed by atoms with E-state index in [4.69, 9.17) is 24.0 Å². The van der Waals surface area contributed by atoms with E-state index in [0.717, 1.165) is 66.9 Å². The van der Waals surface area contributed by atoms with Gasteiger partial charge < -0.3 is 24.3 Å². The molecular formula is C34H32FN7O4. The highest BCUT2D eigenvalue weighted by Crippen LogP contribution is 2.42. The Morgan fingerprint density at radius 2 is 1.89 bits per heavy atom. The molecule has 0 saturated carbocycles. The maximum Gasteiger partial charge on any atom is 0.289 e. The minimum absolute atomic E-state index is 0.00734. The fourth-order valence-electron chi connectivity index (χ4n) is 6.77. The zero-order valence-electron chi connectivity index (χ0n) is 25.7. The summed E-state index contributed by atoms with van der Waals surface area (Å²) < 4.78 is 31.2. The predicted molar refractivity (Wildman–Crippen MR) is 170 cm³/mol. The molecule has 0 spiro atoms. The summed E-state index contributed by atoms with van der Waals surface area (Å²) in [4.78, 5) is 33.7. The van der Waals surface area contributed by atoms with Gasteiger partial charge in [-0.25, -0.2) is 14.4 Å². The maximum atomic E-state index is 14.6. The molecule has 12 heteroatoms. The molecular weight excluding hydrogens is 589 g/mol. The Hall–Kier alpha value is -4.94. The smallest absolute Gasteiger partial charge is 0.289 e. The van der Waals surface area contributed by atoms with Crippen molar-refractivity contribution in [2.24, 2.45) is 0 Å². The number of benzene rings is 2. The topological polar surface area (TPSA) is 131 Å². The highest BCUT2D eigenvalue weighted by atomic mass is 19.1. The van der Waals surface area contributed by atoms with Gasteiger partial charge in [-0.2, -0.15) is 0 Å². The van der Waals surface area contributed by atoms with Crippen LogP contribution in [0, 0.1) is 19.7 Å². The number of H-pyrrole nitrogens is 1. The number of methoxy groups -OCH3 is 1. The van der Waals surface area contributed by atoms with Crippen LogP contribution in [-0.4, -0.2) is 81.4 Å². The van der Waals surface area contributed by atoms with Gasteiger partial charge >= 0.3 is 0 Å². The monoisotopic (exact) mass is 621 g/mol. The molecule has 46 heavy (non-hydrogen) atoms. The van der Waals surface area contributed by atoms with E-state index in [2.05, 4.69) is 25.3 Å². The van der Waals surface area contributed by atoms with Crippen LogP contribution in [0.3, 0.4) is 0 Å². The summed E-state index contributed by atoms with van der Waals surface area (Å²) in [6, 6.07) is 10.6. The van der Waals surface area contributed by atoms with E-state index >= 15 is 0 Å². The Labute approximate surface area is 263 Å². The van der Waals surface area contributed by atoms with Crippen LogP contribution >= 0.6 is 0 Å². The number of fused-ring (bicyclic) bond motifs is 4. The second-order valence-corrected chi connectivity index (χ2v) is 12.0. The van der Waals surface area contributed by atoms with Crippen molar-refractivity contribution in [3.8, 4) is 28.1 Å². The van der Waals surface area contributed by atoms with Gasteiger partial charge in [0, 0.05) is 52.7 Å². The highest BCUT2D eigenvalue weighted by molar-refractivity contribution is 6.16. The molecule has 2 N–H and O–H groups in total. The third-order valence-corrected chi connectivity index (χ3v) is 9.24. The molecule has 0 atom stereocenters. The zero-order valence-corrected chi connectivity index (χ0v) is 25.7. The highest BCUT2D eigenvalue weighted by Gasteiger charge is 2.31. The lowest BCUT2D eigenvalue weighted by atomic mass is 9.98. The van der Waals surface area contributed by atoms with Gasteiger partial charge in [0.05, 0.1) is 54.2 Å².